The lowest BCUT2D eigenvalue weighted by atomic mass is 9.96. The lowest BCUT2D eigenvalue weighted by Gasteiger charge is -2.25. The van der Waals surface area contributed by atoms with Gasteiger partial charge in [-0.15, -0.1) is 11.3 Å². The van der Waals surface area contributed by atoms with Crippen LogP contribution in [0, 0.1) is 19.8 Å². The van der Waals surface area contributed by atoms with Crippen LogP contribution in [0.3, 0.4) is 0 Å². The molecule has 1 fully saturated rings. The molecule has 1 aliphatic carbocycles. The van der Waals surface area contributed by atoms with E-state index in [1.807, 2.05) is 23.5 Å². The van der Waals surface area contributed by atoms with Gasteiger partial charge in [0.25, 0.3) is 0 Å². The normalized spacial score (nSPS) is 17.6. The summed E-state index contributed by atoms with van der Waals surface area (Å²) in [5, 5.41) is 16.1. The van der Waals surface area contributed by atoms with Crippen molar-refractivity contribution in [2.45, 2.75) is 51.7 Å². The molecule has 4 heteroatoms. The number of thiophene rings is 1. The van der Waals surface area contributed by atoms with Crippen LogP contribution >= 0.6 is 11.3 Å². The first-order valence-corrected chi connectivity index (χ1v) is 10.2. The summed E-state index contributed by atoms with van der Waals surface area (Å²) in [6.45, 7) is 5.01. The quantitative estimate of drug-likeness (QED) is 0.722. The zero-order valence-electron chi connectivity index (χ0n) is 15.2. The monoisotopic (exact) mass is 359 g/mol. The van der Waals surface area contributed by atoms with Gasteiger partial charge in [-0.3, -0.25) is 0 Å². The average molecular weight is 360 g/mol. The summed E-state index contributed by atoms with van der Waals surface area (Å²) in [4.78, 5) is 1.38. The van der Waals surface area contributed by atoms with Crippen molar-refractivity contribution in [3.8, 4) is 5.75 Å². The van der Waals surface area contributed by atoms with Gasteiger partial charge in [0, 0.05) is 17.5 Å². The Labute approximate surface area is 155 Å². The van der Waals surface area contributed by atoms with Gasteiger partial charge in [0.1, 0.15) is 18.5 Å². The largest absolute Gasteiger partial charge is 0.491 e. The van der Waals surface area contributed by atoms with E-state index in [0.29, 0.717) is 25.1 Å². The minimum Gasteiger partial charge on any atom is -0.491 e. The van der Waals surface area contributed by atoms with Crippen molar-refractivity contribution >= 4 is 11.3 Å². The molecule has 2 N–H and O–H groups in total. The van der Waals surface area contributed by atoms with Crippen LogP contribution in [-0.4, -0.2) is 24.4 Å². The van der Waals surface area contributed by atoms with E-state index in [1.54, 1.807) is 0 Å². The van der Waals surface area contributed by atoms with Crippen LogP contribution in [0.4, 0.5) is 0 Å². The third kappa shape index (κ3) is 4.84. The summed E-state index contributed by atoms with van der Waals surface area (Å²) in [6.07, 6.45) is 4.71. The van der Waals surface area contributed by atoms with E-state index in [4.69, 9.17) is 4.74 Å². The maximum Gasteiger partial charge on any atom is 0.122 e. The van der Waals surface area contributed by atoms with E-state index in [2.05, 4.69) is 42.7 Å². The van der Waals surface area contributed by atoms with Crippen LogP contribution in [0.2, 0.25) is 0 Å². The van der Waals surface area contributed by atoms with Gasteiger partial charge in [-0.1, -0.05) is 31.0 Å². The first kappa shape index (κ1) is 18.4. The fraction of sp³-hybridized carbons (Fsp3) is 0.524. The van der Waals surface area contributed by atoms with Gasteiger partial charge in [0.2, 0.25) is 0 Å². The Bertz CT molecular complexity index is 650. The molecule has 0 saturated heterocycles. The summed E-state index contributed by atoms with van der Waals surface area (Å²) in [7, 11) is 0. The lowest BCUT2D eigenvalue weighted by Crippen LogP contribution is -2.36. The van der Waals surface area contributed by atoms with Gasteiger partial charge in [0.15, 0.2) is 0 Å². The summed E-state index contributed by atoms with van der Waals surface area (Å²) in [5.41, 5.74) is 2.36. The van der Waals surface area contributed by atoms with Crippen LogP contribution in [0.1, 0.15) is 47.7 Å². The first-order valence-electron chi connectivity index (χ1n) is 9.29. The second kappa shape index (κ2) is 8.84. The molecular formula is C21H29NO2S. The van der Waals surface area contributed by atoms with Crippen molar-refractivity contribution in [2.24, 2.45) is 5.92 Å². The summed E-state index contributed by atoms with van der Waals surface area (Å²) in [5.74, 6) is 1.55. The molecule has 0 amide bonds. The molecule has 1 aromatic heterocycles. The van der Waals surface area contributed by atoms with E-state index in [9.17, 15) is 5.11 Å². The predicted molar refractivity (Wildman–Crippen MR) is 104 cm³/mol. The molecule has 3 nitrogen and oxygen atoms in total. The molecule has 2 aromatic rings. The van der Waals surface area contributed by atoms with Gasteiger partial charge in [-0.05, 0) is 61.2 Å². The van der Waals surface area contributed by atoms with Crippen LogP contribution in [0.5, 0.6) is 5.75 Å². The molecule has 0 bridgehead atoms. The zero-order valence-corrected chi connectivity index (χ0v) is 16.0. The fourth-order valence-electron chi connectivity index (χ4n) is 3.65. The van der Waals surface area contributed by atoms with E-state index in [-0.39, 0.29) is 0 Å². The van der Waals surface area contributed by atoms with Crippen molar-refractivity contribution in [1.82, 2.24) is 5.32 Å². The number of hydrogen-bond donors (Lipinski definition) is 2. The first-order chi connectivity index (χ1) is 12.1. The maximum atomic E-state index is 10.4. The molecule has 0 aliphatic heterocycles. The number of rotatable bonds is 8. The predicted octanol–water partition coefficient (Wildman–Crippen LogP) is 4.63. The number of nitrogens with one attached hydrogen (secondary N) is 1. The Balaban J connectivity index is 1.53. The number of aryl methyl sites for hydroxylation is 1. The third-order valence-corrected chi connectivity index (χ3v) is 6.24. The highest BCUT2D eigenvalue weighted by Gasteiger charge is 2.27. The molecule has 136 valence electrons. The number of benzene rings is 1. The van der Waals surface area contributed by atoms with Crippen LogP contribution < -0.4 is 10.1 Å². The number of aliphatic hydroxyl groups excluding tert-OH is 1. The molecule has 0 spiro atoms. The smallest absolute Gasteiger partial charge is 0.122 e. The molecule has 1 aliphatic rings. The number of ether oxygens (including phenoxy) is 1. The fourth-order valence-corrected chi connectivity index (χ4v) is 4.54. The van der Waals surface area contributed by atoms with Gasteiger partial charge < -0.3 is 15.2 Å². The number of aliphatic hydroxyl groups is 1. The van der Waals surface area contributed by atoms with E-state index < -0.39 is 6.10 Å². The SMILES string of the molecule is Cc1cccc(OCC(O)CNC(c2cccs2)C2CCCC2)c1C. The topological polar surface area (TPSA) is 41.5 Å². The van der Waals surface area contributed by atoms with Crippen molar-refractivity contribution in [2.75, 3.05) is 13.2 Å². The Morgan fingerprint density at radius 1 is 1.20 bits per heavy atom. The highest BCUT2D eigenvalue weighted by Crippen LogP contribution is 2.37. The molecule has 2 atom stereocenters. The van der Waals surface area contributed by atoms with Gasteiger partial charge in [-0.2, -0.15) is 0 Å². The Hall–Kier alpha value is -1.36. The Morgan fingerprint density at radius 3 is 2.72 bits per heavy atom. The van der Waals surface area contributed by atoms with Gasteiger partial charge in [0.05, 0.1) is 0 Å². The van der Waals surface area contributed by atoms with Crippen LogP contribution in [-0.2, 0) is 0 Å². The molecule has 0 radical (unpaired) electrons. The highest BCUT2D eigenvalue weighted by molar-refractivity contribution is 7.10. The minimum absolute atomic E-state index is 0.319. The molecule has 1 aromatic carbocycles. The average Bonchev–Trinajstić information content (AvgIpc) is 3.30. The second-order valence-corrected chi connectivity index (χ2v) is 8.09. The van der Waals surface area contributed by atoms with Crippen molar-refractivity contribution < 1.29 is 9.84 Å². The zero-order chi connectivity index (χ0) is 17.6. The summed E-state index contributed by atoms with van der Waals surface area (Å²) < 4.78 is 5.84. The third-order valence-electron chi connectivity index (χ3n) is 5.28. The molecule has 1 saturated carbocycles. The molecule has 1 heterocycles. The van der Waals surface area contributed by atoms with Crippen LogP contribution in [0.15, 0.2) is 35.7 Å². The molecule has 2 unspecified atom stereocenters. The Morgan fingerprint density at radius 2 is 2.00 bits per heavy atom. The second-order valence-electron chi connectivity index (χ2n) is 7.11. The minimum atomic E-state index is -0.510. The lowest BCUT2D eigenvalue weighted by molar-refractivity contribution is 0.101. The molecule has 3 rings (SSSR count). The van der Waals surface area contributed by atoms with Gasteiger partial charge >= 0.3 is 0 Å². The van der Waals surface area contributed by atoms with E-state index in [1.165, 1.54) is 36.1 Å². The highest BCUT2D eigenvalue weighted by atomic mass is 32.1. The standard InChI is InChI=1S/C21H29NO2S/c1-15-7-5-10-19(16(15)2)24-14-18(23)13-22-21(17-8-3-4-9-17)20-11-6-12-25-20/h5-7,10-12,17-18,21-23H,3-4,8-9,13-14H2,1-2H3. The van der Waals surface area contributed by atoms with Crippen molar-refractivity contribution in [3.05, 3.63) is 51.7 Å². The van der Waals surface area contributed by atoms with E-state index >= 15 is 0 Å². The summed E-state index contributed by atoms with van der Waals surface area (Å²) >= 11 is 1.81. The molecular weight excluding hydrogens is 330 g/mol. The summed E-state index contributed by atoms with van der Waals surface area (Å²) in [6, 6.07) is 10.7. The van der Waals surface area contributed by atoms with Crippen molar-refractivity contribution in [3.63, 3.8) is 0 Å². The molecule has 25 heavy (non-hydrogen) atoms. The maximum absolute atomic E-state index is 10.4. The van der Waals surface area contributed by atoms with Crippen molar-refractivity contribution in [1.29, 1.82) is 0 Å². The van der Waals surface area contributed by atoms with Crippen LogP contribution in [0.25, 0.3) is 0 Å². The number of hydrogen-bond acceptors (Lipinski definition) is 4. The van der Waals surface area contributed by atoms with Gasteiger partial charge in [-0.25, -0.2) is 0 Å². The Kier molecular flexibility index (Phi) is 6.51. The van der Waals surface area contributed by atoms with E-state index in [0.717, 1.165) is 11.3 Å².